The van der Waals surface area contributed by atoms with Gasteiger partial charge in [-0.3, -0.25) is 4.98 Å². The molecule has 1 heterocycles. The summed E-state index contributed by atoms with van der Waals surface area (Å²) in [6, 6.07) is 8.39. The fourth-order valence-corrected chi connectivity index (χ4v) is 2.24. The van der Waals surface area contributed by atoms with Crippen LogP contribution in [-0.2, 0) is 0 Å². The van der Waals surface area contributed by atoms with Crippen LogP contribution in [0.1, 0.15) is 38.8 Å². The Hall–Kier alpha value is -1.41. The van der Waals surface area contributed by atoms with Crippen LogP contribution >= 0.6 is 0 Å². The fraction of sp³-hybridized carbons (Fsp3) is 0.400. The second kappa shape index (κ2) is 4.46. The number of aromatic nitrogens is 1. The Balaban J connectivity index is 2.41. The van der Waals surface area contributed by atoms with Crippen molar-refractivity contribution in [1.82, 2.24) is 4.98 Å². The highest BCUT2D eigenvalue weighted by Gasteiger charge is 2.18. The molecule has 0 amide bonds. The maximum absolute atomic E-state index is 6.33. The first-order valence-electron chi connectivity index (χ1n) is 6.05. The summed E-state index contributed by atoms with van der Waals surface area (Å²) < 4.78 is 0. The number of nitrogens with zero attached hydrogens (tertiary/aromatic N) is 1. The van der Waals surface area contributed by atoms with Gasteiger partial charge in [0.05, 0.1) is 0 Å². The first kappa shape index (κ1) is 12.1. The van der Waals surface area contributed by atoms with E-state index in [9.17, 15) is 0 Å². The molecule has 90 valence electrons. The highest BCUT2D eigenvalue weighted by molar-refractivity contribution is 5.85. The van der Waals surface area contributed by atoms with E-state index < -0.39 is 0 Å². The Morgan fingerprint density at radius 3 is 2.71 bits per heavy atom. The molecule has 0 radical (unpaired) electrons. The van der Waals surface area contributed by atoms with Gasteiger partial charge in [0.15, 0.2) is 0 Å². The van der Waals surface area contributed by atoms with Gasteiger partial charge in [0.1, 0.15) is 0 Å². The minimum Gasteiger partial charge on any atom is -0.324 e. The van der Waals surface area contributed by atoms with Crippen molar-refractivity contribution in [3.8, 4) is 0 Å². The van der Waals surface area contributed by atoms with Crippen molar-refractivity contribution in [3.63, 3.8) is 0 Å². The predicted molar refractivity (Wildman–Crippen MR) is 72.7 cm³/mol. The van der Waals surface area contributed by atoms with Crippen molar-refractivity contribution in [3.05, 3.63) is 42.2 Å². The van der Waals surface area contributed by atoms with E-state index in [0.717, 1.165) is 11.8 Å². The molecule has 0 fully saturated rings. The van der Waals surface area contributed by atoms with Gasteiger partial charge < -0.3 is 5.73 Å². The molecule has 0 aliphatic rings. The fourth-order valence-electron chi connectivity index (χ4n) is 2.24. The van der Waals surface area contributed by atoms with E-state index in [2.05, 4.69) is 44.0 Å². The van der Waals surface area contributed by atoms with Gasteiger partial charge in [-0.1, -0.05) is 39.0 Å². The minimum absolute atomic E-state index is 0.0844. The van der Waals surface area contributed by atoms with E-state index in [1.165, 1.54) is 10.9 Å². The van der Waals surface area contributed by atoms with Crippen molar-refractivity contribution in [2.75, 3.05) is 0 Å². The summed E-state index contributed by atoms with van der Waals surface area (Å²) in [6.07, 6.45) is 4.70. The zero-order chi connectivity index (χ0) is 12.5. The van der Waals surface area contributed by atoms with Crippen LogP contribution in [0.15, 0.2) is 36.7 Å². The van der Waals surface area contributed by atoms with E-state index in [1.54, 1.807) is 0 Å². The second-order valence-corrected chi connectivity index (χ2v) is 5.82. The molecule has 2 aromatic rings. The summed E-state index contributed by atoms with van der Waals surface area (Å²) in [4.78, 5) is 4.15. The van der Waals surface area contributed by atoms with Gasteiger partial charge >= 0.3 is 0 Å². The molecule has 0 spiro atoms. The molecule has 0 aliphatic heterocycles. The van der Waals surface area contributed by atoms with Crippen LogP contribution < -0.4 is 5.73 Å². The third kappa shape index (κ3) is 2.83. The topological polar surface area (TPSA) is 38.9 Å². The molecule has 1 aromatic heterocycles. The number of rotatable bonds is 2. The van der Waals surface area contributed by atoms with E-state index in [1.807, 2.05) is 18.5 Å². The summed E-state index contributed by atoms with van der Waals surface area (Å²) in [7, 11) is 0. The van der Waals surface area contributed by atoms with Crippen molar-refractivity contribution in [2.45, 2.75) is 33.2 Å². The van der Waals surface area contributed by atoms with E-state index in [-0.39, 0.29) is 11.5 Å². The van der Waals surface area contributed by atoms with Crippen LogP contribution in [0.25, 0.3) is 10.8 Å². The Bertz CT molecular complexity index is 506. The lowest BCUT2D eigenvalue weighted by atomic mass is 9.85. The SMILES string of the molecule is CC(C)(C)CC(N)c1cccc2cnccc12. The highest BCUT2D eigenvalue weighted by Crippen LogP contribution is 2.31. The molecule has 0 bridgehead atoms. The molecule has 0 saturated carbocycles. The summed E-state index contributed by atoms with van der Waals surface area (Å²) in [5.41, 5.74) is 7.79. The van der Waals surface area contributed by atoms with Gasteiger partial charge in [-0.15, -0.1) is 0 Å². The quantitative estimate of drug-likeness (QED) is 0.851. The van der Waals surface area contributed by atoms with Gasteiger partial charge in [0.25, 0.3) is 0 Å². The molecule has 1 unspecified atom stereocenters. The third-order valence-corrected chi connectivity index (χ3v) is 2.95. The molecule has 2 rings (SSSR count). The van der Waals surface area contributed by atoms with Crippen molar-refractivity contribution >= 4 is 10.8 Å². The lowest BCUT2D eigenvalue weighted by molar-refractivity contribution is 0.343. The Kier molecular flexibility index (Phi) is 3.16. The first-order valence-corrected chi connectivity index (χ1v) is 6.05. The second-order valence-electron chi connectivity index (χ2n) is 5.82. The minimum atomic E-state index is 0.0844. The normalized spacial score (nSPS) is 13.9. The van der Waals surface area contributed by atoms with Crippen LogP contribution in [0.5, 0.6) is 0 Å². The smallest absolute Gasteiger partial charge is 0.0346 e. The van der Waals surface area contributed by atoms with Gasteiger partial charge in [0.2, 0.25) is 0 Å². The number of nitrogens with two attached hydrogens (primary N) is 1. The lowest BCUT2D eigenvalue weighted by Gasteiger charge is -2.24. The molecule has 17 heavy (non-hydrogen) atoms. The maximum Gasteiger partial charge on any atom is 0.0346 e. The molecule has 2 N–H and O–H groups in total. The van der Waals surface area contributed by atoms with Crippen LogP contribution in [-0.4, -0.2) is 4.98 Å². The molecular formula is C15H20N2. The standard InChI is InChI=1S/C15H20N2/c1-15(2,3)9-14(16)13-6-4-5-11-10-17-8-7-12(11)13/h4-8,10,14H,9,16H2,1-3H3. The molecule has 1 atom stereocenters. The number of pyridine rings is 1. The Labute approximate surface area is 103 Å². The van der Waals surface area contributed by atoms with Crippen molar-refractivity contribution in [2.24, 2.45) is 11.1 Å². The van der Waals surface area contributed by atoms with Crippen LogP contribution in [0.3, 0.4) is 0 Å². The predicted octanol–water partition coefficient (Wildman–Crippen LogP) is 3.67. The summed E-state index contributed by atoms with van der Waals surface area (Å²) >= 11 is 0. The van der Waals surface area contributed by atoms with Crippen molar-refractivity contribution < 1.29 is 0 Å². The first-order chi connectivity index (χ1) is 7.97. The summed E-state index contributed by atoms with van der Waals surface area (Å²) in [6.45, 7) is 6.67. The van der Waals surface area contributed by atoms with Crippen LogP contribution in [0, 0.1) is 5.41 Å². The lowest BCUT2D eigenvalue weighted by Crippen LogP contribution is -2.18. The number of benzene rings is 1. The number of fused-ring (bicyclic) bond motifs is 1. The third-order valence-electron chi connectivity index (χ3n) is 2.95. The average molecular weight is 228 g/mol. The average Bonchev–Trinajstić information content (AvgIpc) is 2.26. The van der Waals surface area contributed by atoms with Gasteiger partial charge in [-0.2, -0.15) is 0 Å². The number of hydrogen-bond donors (Lipinski definition) is 1. The molecule has 2 heteroatoms. The zero-order valence-electron chi connectivity index (χ0n) is 10.8. The van der Waals surface area contributed by atoms with Gasteiger partial charge in [0, 0.05) is 23.8 Å². The van der Waals surface area contributed by atoms with Crippen molar-refractivity contribution in [1.29, 1.82) is 0 Å². The molecule has 0 aliphatic carbocycles. The largest absolute Gasteiger partial charge is 0.324 e. The van der Waals surface area contributed by atoms with Gasteiger partial charge in [-0.05, 0) is 28.9 Å². The monoisotopic (exact) mass is 228 g/mol. The number of hydrogen-bond acceptors (Lipinski definition) is 2. The highest BCUT2D eigenvalue weighted by atomic mass is 14.6. The molecule has 2 nitrogen and oxygen atoms in total. The molecular weight excluding hydrogens is 208 g/mol. The molecule has 1 aromatic carbocycles. The van der Waals surface area contributed by atoms with E-state index >= 15 is 0 Å². The Morgan fingerprint density at radius 2 is 2.00 bits per heavy atom. The van der Waals surface area contributed by atoms with Crippen LogP contribution in [0.4, 0.5) is 0 Å². The van der Waals surface area contributed by atoms with Crippen LogP contribution in [0.2, 0.25) is 0 Å². The Morgan fingerprint density at radius 1 is 1.24 bits per heavy atom. The summed E-state index contributed by atoms with van der Waals surface area (Å²) in [5.74, 6) is 0. The van der Waals surface area contributed by atoms with E-state index in [0.29, 0.717) is 0 Å². The molecule has 0 saturated heterocycles. The zero-order valence-corrected chi connectivity index (χ0v) is 10.8. The maximum atomic E-state index is 6.33. The summed E-state index contributed by atoms with van der Waals surface area (Å²) in [5, 5.41) is 2.38. The van der Waals surface area contributed by atoms with Gasteiger partial charge in [-0.25, -0.2) is 0 Å². The van der Waals surface area contributed by atoms with E-state index in [4.69, 9.17) is 5.73 Å².